The van der Waals surface area contributed by atoms with Crippen molar-refractivity contribution in [1.82, 2.24) is 5.32 Å². The molecule has 2 rings (SSSR count). The lowest BCUT2D eigenvalue weighted by atomic mass is 9.79. The standard InChI is InChI=1S/C19H19F2NO3/c1-12(13-8-9-15(20)16(21)10-13)22-17(23)11-19(2,18(24)25)14-6-4-3-5-7-14/h3-10,12H,11H2,1-2H3,(H,22,23)(H,24,25)/p-1/t12-,19-/m0/s1. The fourth-order valence-electron chi connectivity index (χ4n) is 2.58. The molecule has 0 aliphatic rings. The number of hydrogen-bond acceptors (Lipinski definition) is 3. The number of carbonyl (C=O) groups excluding carboxylic acids is 2. The summed E-state index contributed by atoms with van der Waals surface area (Å²) in [6.07, 6.45) is -0.340. The first kappa shape index (κ1) is 18.6. The van der Waals surface area contributed by atoms with Gasteiger partial charge in [0.05, 0.1) is 12.0 Å². The van der Waals surface area contributed by atoms with Gasteiger partial charge in [-0.3, -0.25) is 4.79 Å². The summed E-state index contributed by atoms with van der Waals surface area (Å²) in [6, 6.07) is 11.0. The number of carbonyl (C=O) groups is 2. The average Bonchev–Trinajstić information content (AvgIpc) is 2.57. The number of halogens is 2. The molecule has 25 heavy (non-hydrogen) atoms. The molecule has 0 saturated heterocycles. The lowest BCUT2D eigenvalue weighted by molar-refractivity contribution is -0.313. The molecule has 2 aromatic carbocycles. The van der Waals surface area contributed by atoms with Crippen LogP contribution >= 0.6 is 0 Å². The van der Waals surface area contributed by atoms with Crippen LogP contribution in [0.3, 0.4) is 0 Å². The maximum atomic E-state index is 13.3. The van der Waals surface area contributed by atoms with E-state index in [1.165, 1.54) is 13.0 Å². The number of benzene rings is 2. The minimum absolute atomic E-state index is 0.340. The Balaban J connectivity index is 2.14. The molecule has 0 aromatic heterocycles. The van der Waals surface area contributed by atoms with Gasteiger partial charge in [0.1, 0.15) is 0 Å². The number of amides is 1. The smallest absolute Gasteiger partial charge is 0.221 e. The van der Waals surface area contributed by atoms with Crippen LogP contribution in [0.15, 0.2) is 48.5 Å². The lowest BCUT2D eigenvalue weighted by Gasteiger charge is -2.31. The Kier molecular flexibility index (Phi) is 5.51. The Labute approximate surface area is 144 Å². The van der Waals surface area contributed by atoms with Crippen molar-refractivity contribution in [2.24, 2.45) is 0 Å². The molecule has 0 saturated carbocycles. The van der Waals surface area contributed by atoms with Crippen LogP contribution in [0.5, 0.6) is 0 Å². The van der Waals surface area contributed by atoms with Gasteiger partial charge in [0, 0.05) is 11.8 Å². The van der Waals surface area contributed by atoms with Gasteiger partial charge in [0.25, 0.3) is 0 Å². The minimum Gasteiger partial charge on any atom is -0.549 e. The molecule has 0 heterocycles. The summed E-state index contributed by atoms with van der Waals surface area (Å²) in [6.45, 7) is 3.02. The van der Waals surface area contributed by atoms with Crippen LogP contribution in [0.1, 0.15) is 37.4 Å². The molecule has 132 valence electrons. The molecule has 0 aliphatic carbocycles. The third-order valence-corrected chi connectivity index (χ3v) is 4.20. The third kappa shape index (κ3) is 4.21. The number of rotatable bonds is 6. The number of nitrogens with one attached hydrogen (secondary N) is 1. The molecule has 6 heteroatoms. The molecule has 0 fully saturated rings. The topological polar surface area (TPSA) is 69.2 Å². The highest BCUT2D eigenvalue weighted by Crippen LogP contribution is 2.27. The summed E-state index contributed by atoms with van der Waals surface area (Å²) in [4.78, 5) is 23.9. The normalized spacial score (nSPS) is 14.4. The Morgan fingerprint density at radius 2 is 1.76 bits per heavy atom. The highest BCUT2D eigenvalue weighted by Gasteiger charge is 2.31. The molecule has 0 aliphatic heterocycles. The first-order valence-corrected chi connectivity index (χ1v) is 7.75. The van der Waals surface area contributed by atoms with Crippen LogP contribution in [-0.2, 0) is 15.0 Å². The maximum Gasteiger partial charge on any atom is 0.221 e. The zero-order chi connectivity index (χ0) is 18.6. The van der Waals surface area contributed by atoms with Gasteiger partial charge < -0.3 is 15.2 Å². The molecule has 4 nitrogen and oxygen atoms in total. The van der Waals surface area contributed by atoms with Crippen molar-refractivity contribution in [3.8, 4) is 0 Å². The number of carboxylic acids is 1. The molecule has 1 N–H and O–H groups in total. The van der Waals surface area contributed by atoms with Crippen molar-refractivity contribution >= 4 is 11.9 Å². The number of carboxylic acid groups (broad SMARTS) is 1. The predicted octanol–water partition coefficient (Wildman–Crippen LogP) is 2.24. The Morgan fingerprint density at radius 1 is 1.12 bits per heavy atom. The summed E-state index contributed by atoms with van der Waals surface area (Å²) in [7, 11) is 0. The van der Waals surface area contributed by atoms with E-state index >= 15 is 0 Å². The third-order valence-electron chi connectivity index (χ3n) is 4.20. The predicted molar refractivity (Wildman–Crippen MR) is 86.3 cm³/mol. The van der Waals surface area contributed by atoms with Crippen LogP contribution in [0, 0.1) is 11.6 Å². The summed E-state index contributed by atoms with van der Waals surface area (Å²) in [5.74, 6) is -3.89. The Bertz CT molecular complexity index is 779. The SMILES string of the molecule is C[C@H](NC(=O)C[C@](C)(C(=O)[O-])c1ccccc1)c1ccc(F)c(F)c1. The summed E-state index contributed by atoms with van der Waals surface area (Å²) in [5, 5.41) is 14.2. The summed E-state index contributed by atoms with van der Waals surface area (Å²) >= 11 is 0. The zero-order valence-electron chi connectivity index (χ0n) is 13.9. The molecular weight excluding hydrogens is 328 g/mol. The molecular formula is C19H18F2NO3-. The van der Waals surface area contributed by atoms with E-state index in [0.29, 0.717) is 11.1 Å². The maximum absolute atomic E-state index is 13.3. The van der Waals surface area contributed by atoms with E-state index in [1.54, 1.807) is 37.3 Å². The lowest BCUT2D eigenvalue weighted by Crippen LogP contribution is -2.47. The molecule has 1 amide bonds. The molecule has 2 atom stereocenters. The zero-order valence-corrected chi connectivity index (χ0v) is 13.9. The van der Waals surface area contributed by atoms with Crippen molar-refractivity contribution in [3.63, 3.8) is 0 Å². The molecule has 0 spiro atoms. The molecule has 0 unspecified atom stereocenters. The van der Waals surface area contributed by atoms with Crippen LogP contribution < -0.4 is 10.4 Å². The van der Waals surface area contributed by atoms with Crippen LogP contribution in [0.2, 0.25) is 0 Å². The van der Waals surface area contributed by atoms with Crippen molar-refractivity contribution in [1.29, 1.82) is 0 Å². The van der Waals surface area contributed by atoms with Crippen molar-refractivity contribution in [2.75, 3.05) is 0 Å². The minimum atomic E-state index is -1.50. The first-order chi connectivity index (χ1) is 11.7. The van der Waals surface area contributed by atoms with Gasteiger partial charge in [-0.2, -0.15) is 0 Å². The van der Waals surface area contributed by atoms with Crippen LogP contribution in [0.25, 0.3) is 0 Å². The van der Waals surface area contributed by atoms with Gasteiger partial charge in [-0.1, -0.05) is 36.4 Å². The second-order valence-corrected chi connectivity index (χ2v) is 6.13. The monoisotopic (exact) mass is 346 g/mol. The van der Waals surface area contributed by atoms with E-state index < -0.39 is 35.0 Å². The van der Waals surface area contributed by atoms with Crippen LogP contribution in [0.4, 0.5) is 8.78 Å². The van der Waals surface area contributed by atoms with E-state index in [4.69, 9.17) is 0 Å². The Morgan fingerprint density at radius 3 is 2.32 bits per heavy atom. The van der Waals surface area contributed by atoms with Crippen molar-refractivity contribution in [2.45, 2.75) is 31.7 Å². The van der Waals surface area contributed by atoms with Gasteiger partial charge in [0.2, 0.25) is 5.91 Å². The second kappa shape index (κ2) is 7.42. The highest BCUT2D eigenvalue weighted by atomic mass is 19.2. The van der Waals surface area contributed by atoms with E-state index in [0.717, 1.165) is 12.1 Å². The van der Waals surface area contributed by atoms with Crippen molar-refractivity contribution < 1.29 is 23.5 Å². The quantitative estimate of drug-likeness (QED) is 0.872. The van der Waals surface area contributed by atoms with Gasteiger partial charge >= 0.3 is 0 Å². The highest BCUT2D eigenvalue weighted by molar-refractivity contribution is 5.88. The van der Waals surface area contributed by atoms with Crippen molar-refractivity contribution in [3.05, 3.63) is 71.3 Å². The Hall–Kier alpha value is -2.76. The first-order valence-electron chi connectivity index (χ1n) is 7.75. The average molecular weight is 346 g/mol. The second-order valence-electron chi connectivity index (χ2n) is 6.13. The molecule has 0 bridgehead atoms. The van der Waals surface area contributed by atoms with Gasteiger partial charge in [-0.05, 0) is 37.1 Å². The van der Waals surface area contributed by atoms with Gasteiger partial charge in [-0.25, -0.2) is 8.78 Å². The van der Waals surface area contributed by atoms with Crippen LogP contribution in [-0.4, -0.2) is 11.9 Å². The van der Waals surface area contributed by atoms with Gasteiger partial charge in [-0.15, -0.1) is 0 Å². The fraction of sp³-hybridized carbons (Fsp3) is 0.263. The van der Waals surface area contributed by atoms with E-state index in [-0.39, 0.29) is 6.42 Å². The largest absolute Gasteiger partial charge is 0.549 e. The summed E-state index contributed by atoms with van der Waals surface area (Å²) < 4.78 is 26.3. The molecule has 0 radical (unpaired) electrons. The summed E-state index contributed by atoms with van der Waals surface area (Å²) in [5.41, 5.74) is -0.674. The number of hydrogen-bond donors (Lipinski definition) is 1. The molecule has 2 aromatic rings. The van der Waals surface area contributed by atoms with E-state index in [9.17, 15) is 23.5 Å². The van der Waals surface area contributed by atoms with E-state index in [2.05, 4.69) is 5.32 Å². The number of aliphatic carboxylic acids is 1. The van der Waals surface area contributed by atoms with Gasteiger partial charge in [0.15, 0.2) is 11.6 Å². The van der Waals surface area contributed by atoms with E-state index in [1.807, 2.05) is 0 Å². The fourth-order valence-corrected chi connectivity index (χ4v) is 2.58.